The number of aliphatic hydroxyl groups excluding tert-OH is 1. The maximum atomic E-state index is 13.6. The fourth-order valence-corrected chi connectivity index (χ4v) is 6.60. The van der Waals surface area contributed by atoms with E-state index in [2.05, 4.69) is 9.88 Å². The minimum absolute atomic E-state index is 0.0772. The summed E-state index contributed by atoms with van der Waals surface area (Å²) in [6.45, 7) is 7.07. The van der Waals surface area contributed by atoms with Gasteiger partial charge in [0.1, 0.15) is 11.3 Å². The Morgan fingerprint density at radius 2 is 1.82 bits per heavy atom. The van der Waals surface area contributed by atoms with Crippen LogP contribution < -0.4 is 16.0 Å². The SMILES string of the molecule is CCCn1c(=O)n(C)c(=O)c2[nH]c(-c3cc(S(=O)(=O)N4CCN(CCCO)CC4)ccc3OCC)c(Cl)c21. The van der Waals surface area contributed by atoms with Crippen LogP contribution in [0.3, 0.4) is 0 Å². The third-order valence-corrected chi connectivity index (χ3v) is 9.05. The quantitative estimate of drug-likeness (QED) is 0.382. The van der Waals surface area contributed by atoms with Crippen LogP contribution >= 0.6 is 11.6 Å². The lowest BCUT2D eigenvalue weighted by molar-refractivity contribution is 0.171. The average molecular weight is 568 g/mol. The molecule has 11 nitrogen and oxygen atoms in total. The molecule has 0 spiro atoms. The number of halogens is 1. The fourth-order valence-electron chi connectivity index (χ4n) is 4.81. The summed E-state index contributed by atoms with van der Waals surface area (Å²) in [5.74, 6) is 0.398. The van der Waals surface area contributed by atoms with E-state index in [0.717, 1.165) is 11.1 Å². The minimum Gasteiger partial charge on any atom is -0.493 e. The van der Waals surface area contributed by atoms with Gasteiger partial charge in [-0.1, -0.05) is 18.5 Å². The lowest BCUT2D eigenvalue weighted by atomic mass is 10.1. The van der Waals surface area contributed by atoms with Gasteiger partial charge in [-0.25, -0.2) is 13.2 Å². The number of nitrogens with one attached hydrogen (secondary N) is 1. The number of hydrogen-bond donors (Lipinski definition) is 2. The van der Waals surface area contributed by atoms with Gasteiger partial charge in [-0.2, -0.15) is 4.31 Å². The molecule has 0 radical (unpaired) electrons. The van der Waals surface area contributed by atoms with Crippen molar-refractivity contribution in [3.05, 3.63) is 44.1 Å². The number of piperazine rings is 1. The fraction of sp³-hybridized carbons (Fsp3) is 0.520. The number of aromatic amines is 1. The first-order valence-electron chi connectivity index (χ1n) is 12.8. The molecule has 4 rings (SSSR count). The highest BCUT2D eigenvalue weighted by molar-refractivity contribution is 7.89. The monoisotopic (exact) mass is 567 g/mol. The molecule has 1 saturated heterocycles. The molecule has 0 atom stereocenters. The number of benzene rings is 1. The maximum absolute atomic E-state index is 13.6. The van der Waals surface area contributed by atoms with Gasteiger partial charge in [0, 0.05) is 58.5 Å². The summed E-state index contributed by atoms with van der Waals surface area (Å²) in [6.07, 6.45) is 1.30. The summed E-state index contributed by atoms with van der Waals surface area (Å²) >= 11 is 6.80. The van der Waals surface area contributed by atoms with Crippen molar-refractivity contribution in [1.29, 1.82) is 0 Å². The van der Waals surface area contributed by atoms with Crippen molar-refractivity contribution >= 4 is 32.7 Å². The first-order chi connectivity index (χ1) is 18.1. The second kappa shape index (κ2) is 11.6. The standard InChI is InChI=1S/C25H34ClN5O6S/c1-4-9-31-23-20(26)21(27-22(23)24(33)28(3)25(31)34)18-16-17(7-8-19(18)37-5-2)38(35,36)30-13-11-29(12-14-30)10-6-15-32/h7-8,16,27,32H,4-6,9-15H2,1-3H3. The van der Waals surface area contributed by atoms with Crippen LogP contribution in [0.2, 0.25) is 5.02 Å². The Labute approximate surface area is 226 Å². The van der Waals surface area contributed by atoms with E-state index in [9.17, 15) is 18.0 Å². The number of sulfonamides is 1. The van der Waals surface area contributed by atoms with E-state index in [1.807, 2.05) is 13.8 Å². The molecule has 208 valence electrons. The molecular formula is C25H34ClN5O6S. The van der Waals surface area contributed by atoms with Crippen LogP contribution in [0.5, 0.6) is 5.75 Å². The van der Waals surface area contributed by atoms with E-state index in [1.165, 1.54) is 28.1 Å². The first-order valence-corrected chi connectivity index (χ1v) is 14.6. The van der Waals surface area contributed by atoms with Crippen molar-refractivity contribution in [3.8, 4) is 17.0 Å². The number of aliphatic hydroxyl groups is 1. The Kier molecular flexibility index (Phi) is 8.68. The number of H-pyrrole nitrogens is 1. The Bertz CT molecular complexity index is 1540. The molecule has 13 heteroatoms. The Balaban J connectivity index is 1.81. The predicted octanol–water partition coefficient (Wildman–Crippen LogP) is 1.85. The summed E-state index contributed by atoms with van der Waals surface area (Å²) in [7, 11) is -2.42. The molecule has 1 aromatic carbocycles. The van der Waals surface area contributed by atoms with Gasteiger partial charge in [0.25, 0.3) is 5.56 Å². The van der Waals surface area contributed by atoms with Gasteiger partial charge in [0.05, 0.1) is 27.7 Å². The lowest BCUT2D eigenvalue weighted by Gasteiger charge is -2.34. The third kappa shape index (κ3) is 5.15. The summed E-state index contributed by atoms with van der Waals surface area (Å²) in [5.41, 5.74) is 0.140. The molecule has 0 unspecified atom stereocenters. The van der Waals surface area contributed by atoms with Gasteiger partial charge < -0.3 is 19.7 Å². The van der Waals surface area contributed by atoms with Crippen LogP contribution in [0.4, 0.5) is 0 Å². The van der Waals surface area contributed by atoms with Gasteiger partial charge in [0.15, 0.2) is 0 Å². The first kappa shape index (κ1) is 28.4. The van der Waals surface area contributed by atoms with Gasteiger partial charge in [-0.05, 0) is 38.0 Å². The lowest BCUT2D eigenvalue weighted by Crippen LogP contribution is -2.48. The molecule has 0 bridgehead atoms. The van der Waals surface area contributed by atoms with Crippen molar-refractivity contribution in [2.75, 3.05) is 45.9 Å². The number of hydrogen-bond acceptors (Lipinski definition) is 7. The van der Waals surface area contributed by atoms with E-state index in [4.69, 9.17) is 21.4 Å². The molecule has 2 N–H and O–H groups in total. The van der Waals surface area contributed by atoms with E-state index < -0.39 is 21.3 Å². The topological polar surface area (TPSA) is 130 Å². The van der Waals surface area contributed by atoms with Gasteiger partial charge in [-0.3, -0.25) is 13.9 Å². The number of nitrogens with zero attached hydrogens (tertiary/aromatic N) is 4. The second-order valence-corrected chi connectivity index (χ2v) is 11.6. The van der Waals surface area contributed by atoms with Gasteiger partial charge in [0.2, 0.25) is 10.0 Å². The molecule has 0 amide bonds. The summed E-state index contributed by atoms with van der Waals surface area (Å²) in [4.78, 5) is 31.0. The molecule has 38 heavy (non-hydrogen) atoms. The van der Waals surface area contributed by atoms with Crippen molar-refractivity contribution in [1.82, 2.24) is 23.3 Å². The number of aryl methyl sites for hydroxylation is 1. The van der Waals surface area contributed by atoms with E-state index in [1.54, 1.807) is 6.07 Å². The maximum Gasteiger partial charge on any atom is 0.331 e. The zero-order chi connectivity index (χ0) is 27.6. The summed E-state index contributed by atoms with van der Waals surface area (Å²) < 4.78 is 36.9. The minimum atomic E-state index is -3.83. The molecule has 0 saturated carbocycles. The highest BCUT2D eigenvalue weighted by Crippen LogP contribution is 2.39. The van der Waals surface area contributed by atoms with Gasteiger partial charge >= 0.3 is 5.69 Å². The van der Waals surface area contributed by atoms with Crippen LogP contribution in [0.1, 0.15) is 26.7 Å². The van der Waals surface area contributed by atoms with Gasteiger partial charge in [-0.15, -0.1) is 0 Å². The largest absolute Gasteiger partial charge is 0.493 e. The van der Waals surface area contributed by atoms with Crippen molar-refractivity contribution < 1.29 is 18.3 Å². The van der Waals surface area contributed by atoms with E-state index >= 15 is 0 Å². The van der Waals surface area contributed by atoms with Crippen molar-refractivity contribution in [2.45, 2.75) is 38.1 Å². The third-order valence-electron chi connectivity index (χ3n) is 6.79. The average Bonchev–Trinajstić information content (AvgIpc) is 3.26. The molecule has 1 aliphatic rings. The van der Waals surface area contributed by atoms with Crippen molar-refractivity contribution in [2.24, 2.45) is 7.05 Å². The number of ether oxygens (including phenoxy) is 1. The Morgan fingerprint density at radius 3 is 2.45 bits per heavy atom. The molecule has 2 aromatic heterocycles. The smallest absolute Gasteiger partial charge is 0.331 e. The van der Waals surface area contributed by atoms with Crippen LogP contribution in [-0.2, 0) is 23.6 Å². The molecule has 1 fully saturated rings. The summed E-state index contributed by atoms with van der Waals surface area (Å²) in [5, 5.41) is 9.22. The van der Waals surface area contributed by atoms with Crippen LogP contribution in [0, 0.1) is 0 Å². The number of fused-ring (bicyclic) bond motifs is 1. The Morgan fingerprint density at radius 1 is 1.11 bits per heavy atom. The normalized spacial score (nSPS) is 15.4. The zero-order valence-electron chi connectivity index (χ0n) is 21.9. The molecule has 1 aliphatic heterocycles. The summed E-state index contributed by atoms with van der Waals surface area (Å²) in [6, 6.07) is 4.59. The highest BCUT2D eigenvalue weighted by atomic mass is 35.5. The van der Waals surface area contributed by atoms with Crippen LogP contribution in [-0.4, -0.2) is 82.8 Å². The van der Waals surface area contributed by atoms with Crippen molar-refractivity contribution in [3.63, 3.8) is 0 Å². The van der Waals surface area contributed by atoms with Crippen LogP contribution in [0.25, 0.3) is 22.3 Å². The number of rotatable bonds is 10. The molecule has 3 aromatic rings. The molecular weight excluding hydrogens is 534 g/mol. The van der Waals surface area contributed by atoms with E-state index in [-0.39, 0.29) is 27.6 Å². The molecule has 0 aliphatic carbocycles. The highest BCUT2D eigenvalue weighted by Gasteiger charge is 2.30. The second-order valence-electron chi connectivity index (χ2n) is 9.25. The predicted molar refractivity (Wildman–Crippen MR) is 147 cm³/mol. The number of aromatic nitrogens is 3. The Hall–Kier alpha value is -2.64. The van der Waals surface area contributed by atoms with E-state index in [0.29, 0.717) is 69.2 Å². The molecule has 3 heterocycles. The van der Waals surface area contributed by atoms with Crippen LogP contribution in [0.15, 0.2) is 32.7 Å². The zero-order valence-corrected chi connectivity index (χ0v) is 23.4.